The number of halogens is 1. The molecule has 0 atom stereocenters. The summed E-state index contributed by atoms with van der Waals surface area (Å²) in [5, 5.41) is 2.78. The number of carbonyl (C=O) groups is 1. The molecule has 110 valence electrons. The highest BCUT2D eigenvalue weighted by atomic mass is 79.9. The Hall–Kier alpha value is -1.81. The van der Waals surface area contributed by atoms with Crippen LogP contribution in [0.2, 0.25) is 0 Å². The van der Waals surface area contributed by atoms with Crippen LogP contribution in [0, 0.1) is 0 Å². The van der Waals surface area contributed by atoms with E-state index < -0.39 is 0 Å². The van der Waals surface area contributed by atoms with Crippen molar-refractivity contribution in [3.63, 3.8) is 0 Å². The van der Waals surface area contributed by atoms with Crippen LogP contribution >= 0.6 is 15.9 Å². The van der Waals surface area contributed by atoms with Crippen molar-refractivity contribution in [2.45, 2.75) is 13.3 Å². The Morgan fingerprint density at radius 3 is 2.19 bits per heavy atom. The fourth-order valence-corrected chi connectivity index (χ4v) is 2.11. The van der Waals surface area contributed by atoms with Gasteiger partial charge in [-0.1, -0.05) is 47.1 Å². The monoisotopic (exact) mass is 347 g/mol. The van der Waals surface area contributed by atoms with Gasteiger partial charge in [-0.3, -0.25) is 4.79 Å². The summed E-state index contributed by atoms with van der Waals surface area (Å²) in [4.78, 5) is 11.5. The van der Waals surface area contributed by atoms with Gasteiger partial charge in [0.05, 0.1) is 0 Å². The first kappa shape index (κ1) is 15.6. The van der Waals surface area contributed by atoms with Crippen molar-refractivity contribution in [1.29, 1.82) is 0 Å². The van der Waals surface area contributed by atoms with Crippen LogP contribution in [0.4, 0.5) is 0 Å². The lowest BCUT2D eigenvalue weighted by molar-refractivity contribution is -0.123. The van der Waals surface area contributed by atoms with E-state index in [0.29, 0.717) is 12.3 Å². The molecule has 1 N–H and O–H groups in total. The molecule has 0 saturated carbocycles. The molecule has 0 aliphatic heterocycles. The molecular weight excluding hydrogens is 330 g/mol. The summed E-state index contributed by atoms with van der Waals surface area (Å²) in [7, 11) is 0. The van der Waals surface area contributed by atoms with Gasteiger partial charge in [0.25, 0.3) is 5.91 Å². The average Bonchev–Trinajstić information content (AvgIpc) is 2.52. The van der Waals surface area contributed by atoms with Crippen LogP contribution in [0.15, 0.2) is 53.0 Å². The van der Waals surface area contributed by atoms with E-state index in [4.69, 9.17) is 4.74 Å². The molecule has 0 unspecified atom stereocenters. The average molecular weight is 348 g/mol. The quantitative estimate of drug-likeness (QED) is 0.856. The molecular formula is C17H18BrNO2. The number of hydrogen-bond donors (Lipinski definition) is 1. The van der Waals surface area contributed by atoms with Gasteiger partial charge < -0.3 is 10.1 Å². The Morgan fingerprint density at radius 1 is 1.05 bits per heavy atom. The van der Waals surface area contributed by atoms with Crippen molar-refractivity contribution in [2.75, 3.05) is 13.2 Å². The van der Waals surface area contributed by atoms with Gasteiger partial charge in [-0.05, 0) is 41.8 Å². The topological polar surface area (TPSA) is 38.3 Å². The molecule has 0 saturated heterocycles. The third-order valence-corrected chi connectivity index (χ3v) is 3.50. The zero-order chi connectivity index (χ0) is 15.1. The van der Waals surface area contributed by atoms with Crippen molar-refractivity contribution in [1.82, 2.24) is 5.32 Å². The lowest BCUT2D eigenvalue weighted by Crippen LogP contribution is -2.29. The van der Waals surface area contributed by atoms with Gasteiger partial charge in [0.1, 0.15) is 5.75 Å². The first-order valence-corrected chi connectivity index (χ1v) is 7.74. The van der Waals surface area contributed by atoms with Crippen LogP contribution in [-0.4, -0.2) is 19.1 Å². The molecule has 4 heteroatoms. The van der Waals surface area contributed by atoms with Crippen LogP contribution in [0.5, 0.6) is 5.75 Å². The fourth-order valence-electron chi connectivity index (χ4n) is 1.85. The maximum atomic E-state index is 11.5. The Balaban J connectivity index is 1.93. The van der Waals surface area contributed by atoms with Crippen LogP contribution in [0.1, 0.15) is 13.3 Å². The second-order valence-corrected chi connectivity index (χ2v) is 5.59. The van der Waals surface area contributed by atoms with E-state index in [1.54, 1.807) is 0 Å². The SMILES string of the molecule is CCCNC(=O)COc1ccc(-c2ccc(Br)cc2)cc1. The van der Waals surface area contributed by atoms with Gasteiger partial charge in [0, 0.05) is 11.0 Å². The number of benzene rings is 2. The summed E-state index contributed by atoms with van der Waals surface area (Å²) in [5.74, 6) is 0.608. The van der Waals surface area contributed by atoms with E-state index in [1.807, 2.05) is 43.3 Å². The Bertz CT molecular complexity index is 579. The minimum atomic E-state index is -0.0890. The lowest BCUT2D eigenvalue weighted by Gasteiger charge is -2.08. The lowest BCUT2D eigenvalue weighted by atomic mass is 10.1. The third kappa shape index (κ3) is 4.90. The first-order chi connectivity index (χ1) is 10.2. The van der Waals surface area contributed by atoms with Crippen molar-refractivity contribution in [3.8, 4) is 16.9 Å². The number of amides is 1. The van der Waals surface area contributed by atoms with Crippen molar-refractivity contribution < 1.29 is 9.53 Å². The van der Waals surface area contributed by atoms with Crippen LogP contribution in [-0.2, 0) is 4.79 Å². The second kappa shape index (κ2) is 7.84. The summed E-state index contributed by atoms with van der Waals surface area (Å²) < 4.78 is 6.51. The Kier molecular flexibility index (Phi) is 5.81. The molecule has 0 radical (unpaired) electrons. The summed E-state index contributed by atoms with van der Waals surface area (Å²) in [6.45, 7) is 2.75. The van der Waals surface area contributed by atoms with Crippen LogP contribution in [0.25, 0.3) is 11.1 Å². The van der Waals surface area contributed by atoms with E-state index in [-0.39, 0.29) is 12.5 Å². The molecule has 2 aromatic carbocycles. The highest BCUT2D eigenvalue weighted by Gasteiger charge is 2.02. The van der Waals surface area contributed by atoms with Gasteiger partial charge in [-0.25, -0.2) is 0 Å². The minimum Gasteiger partial charge on any atom is -0.484 e. The van der Waals surface area contributed by atoms with Crippen molar-refractivity contribution in [2.24, 2.45) is 0 Å². The number of carbonyl (C=O) groups excluding carboxylic acids is 1. The molecule has 1 amide bonds. The van der Waals surface area contributed by atoms with E-state index >= 15 is 0 Å². The summed E-state index contributed by atoms with van der Waals surface area (Å²) in [6.07, 6.45) is 0.924. The molecule has 0 fully saturated rings. The van der Waals surface area contributed by atoms with Gasteiger partial charge in [0.2, 0.25) is 0 Å². The predicted molar refractivity (Wildman–Crippen MR) is 88.4 cm³/mol. The molecule has 0 aliphatic rings. The Morgan fingerprint density at radius 2 is 1.62 bits per heavy atom. The molecule has 2 aromatic rings. The second-order valence-electron chi connectivity index (χ2n) is 4.67. The smallest absolute Gasteiger partial charge is 0.257 e. The maximum absolute atomic E-state index is 11.5. The van der Waals surface area contributed by atoms with E-state index in [1.165, 1.54) is 0 Å². The molecule has 0 aliphatic carbocycles. The Labute approximate surface area is 133 Å². The summed E-state index contributed by atoms with van der Waals surface area (Å²) in [5.41, 5.74) is 2.26. The number of nitrogens with one attached hydrogen (secondary N) is 1. The first-order valence-electron chi connectivity index (χ1n) is 6.94. The zero-order valence-corrected chi connectivity index (χ0v) is 13.5. The molecule has 0 aromatic heterocycles. The summed E-state index contributed by atoms with van der Waals surface area (Å²) >= 11 is 3.42. The number of ether oxygens (including phenoxy) is 1. The normalized spacial score (nSPS) is 10.2. The van der Waals surface area contributed by atoms with Gasteiger partial charge in [-0.15, -0.1) is 0 Å². The molecule has 21 heavy (non-hydrogen) atoms. The predicted octanol–water partition coefficient (Wildman–Crippen LogP) is 4.02. The number of rotatable bonds is 6. The van der Waals surface area contributed by atoms with Crippen molar-refractivity contribution >= 4 is 21.8 Å². The standard InChI is InChI=1S/C17H18BrNO2/c1-2-11-19-17(20)12-21-16-9-5-14(6-10-16)13-3-7-15(18)8-4-13/h3-10H,2,11-12H2,1H3,(H,19,20). The van der Waals surface area contributed by atoms with Crippen LogP contribution < -0.4 is 10.1 Å². The van der Waals surface area contributed by atoms with Gasteiger partial charge >= 0.3 is 0 Å². The third-order valence-electron chi connectivity index (χ3n) is 2.97. The minimum absolute atomic E-state index is 0.0532. The number of hydrogen-bond acceptors (Lipinski definition) is 2. The summed E-state index contributed by atoms with van der Waals surface area (Å²) in [6, 6.07) is 15.9. The molecule has 2 rings (SSSR count). The highest BCUT2D eigenvalue weighted by molar-refractivity contribution is 9.10. The van der Waals surface area contributed by atoms with Gasteiger partial charge in [0.15, 0.2) is 6.61 Å². The van der Waals surface area contributed by atoms with Crippen molar-refractivity contribution in [3.05, 3.63) is 53.0 Å². The van der Waals surface area contributed by atoms with E-state index in [0.717, 1.165) is 22.0 Å². The fraction of sp³-hybridized carbons (Fsp3) is 0.235. The molecule has 0 spiro atoms. The van der Waals surface area contributed by atoms with E-state index in [2.05, 4.69) is 33.4 Å². The zero-order valence-electron chi connectivity index (χ0n) is 11.9. The molecule has 0 heterocycles. The molecule has 0 bridgehead atoms. The molecule has 3 nitrogen and oxygen atoms in total. The highest BCUT2D eigenvalue weighted by Crippen LogP contribution is 2.23. The van der Waals surface area contributed by atoms with Crippen LogP contribution in [0.3, 0.4) is 0 Å². The largest absolute Gasteiger partial charge is 0.484 e. The maximum Gasteiger partial charge on any atom is 0.257 e. The van der Waals surface area contributed by atoms with Gasteiger partial charge in [-0.2, -0.15) is 0 Å². The van der Waals surface area contributed by atoms with E-state index in [9.17, 15) is 4.79 Å².